The molecule has 40 valence electrons. The van der Waals surface area contributed by atoms with Crippen molar-refractivity contribution in [2.75, 3.05) is 0 Å². The Morgan fingerprint density at radius 2 is 2.57 bits per heavy atom. The number of nitrogens with two attached hydrogens (primary N) is 1. The summed E-state index contributed by atoms with van der Waals surface area (Å²) in [6, 6.07) is 0. The van der Waals surface area contributed by atoms with Gasteiger partial charge in [0.2, 0.25) is 5.91 Å². The van der Waals surface area contributed by atoms with E-state index in [-0.39, 0.29) is 5.91 Å². The molecule has 0 rings (SSSR count). The molecular weight excluding hydrogens is 94.1 g/mol. The molecule has 0 aliphatic rings. The van der Waals surface area contributed by atoms with Gasteiger partial charge in [-0.05, 0) is 0 Å². The van der Waals surface area contributed by atoms with Gasteiger partial charge in [-0.2, -0.15) is 5.10 Å². The van der Waals surface area contributed by atoms with Gasteiger partial charge in [0.25, 0.3) is 0 Å². The third-order valence-electron chi connectivity index (χ3n) is 0.342. The van der Waals surface area contributed by atoms with Crippen LogP contribution in [0.2, 0.25) is 0 Å². The van der Waals surface area contributed by atoms with E-state index in [0.717, 1.165) is 6.34 Å². The monoisotopic (exact) mass is 101 g/mol. The molecule has 4 nitrogen and oxygen atoms in total. The van der Waals surface area contributed by atoms with E-state index in [2.05, 4.69) is 16.3 Å². The quantitative estimate of drug-likeness (QED) is 0.193. The molecule has 1 amide bonds. The molecule has 3 N–H and O–H groups in total. The first-order valence-corrected chi connectivity index (χ1v) is 1.76. The van der Waals surface area contributed by atoms with E-state index in [9.17, 15) is 4.79 Å². The summed E-state index contributed by atoms with van der Waals surface area (Å²) in [5, 5.41) is 5.26. The number of carbonyl (C=O) groups is 1. The van der Waals surface area contributed by atoms with Crippen LogP contribution in [0.4, 0.5) is 0 Å². The van der Waals surface area contributed by atoms with Gasteiger partial charge in [0, 0.05) is 6.92 Å². The molecule has 0 fully saturated rings. The van der Waals surface area contributed by atoms with E-state index in [1.54, 1.807) is 0 Å². The van der Waals surface area contributed by atoms with Gasteiger partial charge in [0.1, 0.15) is 6.34 Å². The van der Waals surface area contributed by atoms with Crippen molar-refractivity contribution >= 4 is 12.2 Å². The zero-order valence-electron chi connectivity index (χ0n) is 4.01. The largest absolute Gasteiger partial charge is 0.322 e. The van der Waals surface area contributed by atoms with Gasteiger partial charge in [0.15, 0.2) is 0 Å². The predicted octanol–water partition coefficient (Wildman–Crippen LogP) is -0.976. The number of hydrogen-bond donors (Lipinski definition) is 2. The summed E-state index contributed by atoms with van der Waals surface area (Å²) in [5.41, 5.74) is 0. The lowest BCUT2D eigenvalue weighted by molar-refractivity contribution is -0.117. The van der Waals surface area contributed by atoms with Crippen LogP contribution in [0.15, 0.2) is 5.10 Å². The molecule has 0 saturated heterocycles. The number of hydrazone groups is 1. The maximum atomic E-state index is 9.94. The summed E-state index contributed by atoms with van der Waals surface area (Å²) in [5.74, 6) is 4.46. The van der Waals surface area contributed by atoms with Gasteiger partial charge in [0.05, 0.1) is 0 Å². The van der Waals surface area contributed by atoms with Crippen molar-refractivity contribution in [3.05, 3.63) is 0 Å². The first-order chi connectivity index (χ1) is 3.27. The molecule has 0 unspecified atom stereocenters. The number of nitrogens with one attached hydrogen (secondary N) is 1. The van der Waals surface area contributed by atoms with Crippen LogP contribution in [-0.2, 0) is 4.79 Å². The van der Waals surface area contributed by atoms with Crippen LogP contribution in [0, 0.1) is 0 Å². The van der Waals surface area contributed by atoms with Gasteiger partial charge in [-0.3, -0.25) is 4.79 Å². The molecule has 0 spiro atoms. The number of nitrogens with zero attached hydrogens (tertiary/aromatic N) is 1. The van der Waals surface area contributed by atoms with Crippen molar-refractivity contribution < 1.29 is 4.79 Å². The third kappa shape index (κ3) is 4.94. The minimum absolute atomic E-state index is 0.172. The fourth-order valence-electron chi connectivity index (χ4n) is 0.128. The smallest absolute Gasteiger partial charge is 0.221 e. The third-order valence-corrected chi connectivity index (χ3v) is 0.342. The van der Waals surface area contributed by atoms with Gasteiger partial charge in [-0.15, -0.1) is 0 Å². The Morgan fingerprint density at radius 3 is 2.71 bits per heavy atom. The van der Waals surface area contributed by atoms with Crippen LogP contribution in [0.3, 0.4) is 0 Å². The lowest BCUT2D eigenvalue weighted by Gasteiger charge is -1.84. The lowest BCUT2D eigenvalue weighted by atomic mass is 10.7. The van der Waals surface area contributed by atoms with Crippen molar-refractivity contribution in [1.29, 1.82) is 0 Å². The highest BCUT2D eigenvalue weighted by atomic mass is 16.1. The lowest BCUT2D eigenvalue weighted by Crippen LogP contribution is -2.17. The van der Waals surface area contributed by atoms with Crippen LogP contribution in [0.25, 0.3) is 0 Å². The summed E-state index contributed by atoms with van der Waals surface area (Å²) >= 11 is 0. The molecule has 0 atom stereocenters. The molecule has 0 aliphatic carbocycles. The molecule has 4 heteroatoms. The van der Waals surface area contributed by atoms with E-state index in [4.69, 9.17) is 0 Å². The second-order valence-electron chi connectivity index (χ2n) is 0.979. The maximum absolute atomic E-state index is 9.94. The Balaban J connectivity index is 3.14. The molecular formula is C3H7N3O. The molecule has 7 heavy (non-hydrogen) atoms. The predicted molar refractivity (Wildman–Crippen MR) is 26.5 cm³/mol. The summed E-state index contributed by atoms with van der Waals surface area (Å²) in [7, 11) is 0. The van der Waals surface area contributed by atoms with Crippen molar-refractivity contribution in [2.24, 2.45) is 10.9 Å². The molecule has 0 saturated carbocycles. The summed E-state index contributed by atoms with van der Waals surface area (Å²) in [6.45, 7) is 1.38. The van der Waals surface area contributed by atoms with Crippen molar-refractivity contribution in [3.8, 4) is 0 Å². The number of rotatable bonds is 1. The van der Waals surface area contributed by atoms with E-state index < -0.39 is 0 Å². The highest BCUT2D eigenvalue weighted by Crippen LogP contribution is 1.49. The van der Waals surface area contributed by atoms with Gasteiger partial charge >= 0.3 is 0 Å². The zero-order chi connectivity index (χ0) is 5.70. The second-order valence-corrected chi connectivity index (χ2v) is 0.979. The van der Waals surface area contributed by atoms with E-state index in [1.807, 2.05) is 0 Å². The zero-order valence-corrected chi connectivity index (χ0v) is 4.01. The van der Waals surface area contributed by atoms with Crippen molar-refractivity contribution in [3.63, 3.8) is 0 Å². The van der Waals surface area contributed by atoms with E-state index in [1.165, 1.54) is 6.92 Å². The minimum atomic E-state index is -0.172. The highest BCUT2D eigenvalue weighted by Gasteiger charge is 1.78. The van der Waals surface area contributed by atoms with Gasteiger partial charge < -0.3 is 11.2 Å². The minimum Gasteiger partial charge on any atom is -0.322 e. The first-order valence-electron chi connectivity index (χ1n) is 1.76. The molecule has 0 radical (unpaired) electrons. The molecule has 0 aromatic carbocycles. The Bertz CT molecular complexity index is 88.2. The Morgan fingerprint density at radius 1 is 2.00 bits per heavy atom. The number of carbonyl (C=O) groups excluding carboxylic acids is 1. The fraction of sp³-hybridized carbons (Fsp3) is 0.333. The standard InChI is InChI=1S/C3H7N3O/c1-3(7)5-2-6-4/h2H,4H2,1H3,(H,5,6,7). The fourth-order valence-corrected chi connectivity index (χ4v) is 0.128. The SMILES string of the molecule is CC(=O)NC=NN. The maximum Gasteiger partial charge on any atom is 0.221 e. The van der Waals surface area contributed by atoms with E-state index in [0.29, 0.717) is 0 Å². The second kappa shape index (κ2) is 3.14. The summed E-state index contributed by atoms with van der Waals surface area (Å²) in [6.07, 6.45) is 1.13. The van der Waals surface area contributed by atoms with Crippen molar-refractivity contribution in [2.45, 2.75) is 6.92 Å². The summed E-state index contributed by atoms with van der Waals surface area (Å²) < 4.78 is 0. The van der Waals surface area contributed by atoms with Crippen LogP contribution in [0.5, 0.6) is 0 Å². The van der Waals surface area contributed by atoms with Crippen LogP contribution in [0.1, 0.15) is 6.92 Å². The Hall–Kier alpha value is -1.06. The highest BCUT2D eigenvalue weighted by molar-refractivity contribution is 5.85. The molecule has 0 aliphatic heterocycles. The number of hydrogen-bond acceptors (Lipinski definition) is 3. The van der Waals surface area contributed by atoms with Gasteiger partial charge in [-0.1, -0.05) is 0 Å². The van der Waals surface area contributed by atoms with Gasteiger partial charge in [-0.25, -0.2) is 0 Å². The van der Waals surface area contributed by atoms with Crippen LogP contribution in [-0.4, -0.2) is 12.2 Å². The Labute approximate surface area is 41.4 Å². The molecule has 0 bridgehead atoms. The average molecular weight is 101 g/mol. The topological polar surface area (TPSA) is 67.5 Å². The van der Waals surface area contributed by atoms with Crippen LogP contribution >= 0.6 is 0 Å². The van der Waals surface area contributed by atoms with E-state index >= 15 is 0 Å². The summed E-state index contributed by atoms with van der Waals surface area (Å²) in [4.78, 5) is 9.94. The Kier molecular flexibility index (Phi) is 2.67. The first kappa shape index (κ1) is 5.94. The molecule has 0 aromatic rings. The average Bonchev–Trinajstić information content (AvgIpc) is 1.61. The molecule has 0 heterocycles. The number of amides is 1. The van der Waals surface area contributed by atoms with Crippen LogP contribution < -0.4 is 11.2 Å². The normalized spacial score (nSPS) is 9.29. The van der Waals surface area contributed by atoms with Crippen molar-refractivity contribution in [1.82, 2.24) is 5.32 Å². The molecule has 0 aromatic heterocycles.